The van der Waals surface area contributed by atoms with Gasteiger partial charge in [0.1, 0.15) is 0 Å². The molecule has 0 aromatic heterocycles. The molecule has 0 spiro atoms. The zero-order chi connectivity index (χ0) is 16.6. The summed E-state index contributed by atoms with van der Waals surface area (Å²) in [4.78, 5) is 48.3. The van der Waals surface area contributed by atoms with E-state index in [-0.39, 0.29) is 0 Å². The molecule has 0 fully saturated rings. The molecule has 0 heterocycles. The van der Waals surface area contributed by atoms with Crippen molar-refractivity contribution in [2.24, 2.45) is 0 Å². The lowest BCUT2D eigenvalue weighted by Crippen LogP contribution is -2.38. The Bertz CT molecular complexity index is 304. The van der Waals surface area contributed by atoms with Crippen LogP contribution in [0.1, 0.15) is 0 Å². The summed E-state index contributed by atoms with van der Waals surface area (Å²) in [6.45, 7) is 0. The second-order valence-electron chi connectivity index (χ2n) is 4.80. The van der Waals surface area contributed by atoms with Crippen molar-refractivity contribution in [1.82, 2.24) is 19.6 Å². The van der Waals surface area contributed by atoms with Crippen LogP contribution >= 0.6 is 0 Å². The summed E-state index contributed by atoms with van der Waals surface area (Å²) in [7, 11) is 12.4. The van der Waals surface area contributed by atoms with Crippen molar-refractivity contribution in [1.29, 1.82) is 0 Å². The molecular formula is C12H24N4O4. The molecule has 0 N–H and O–H groups in total. The Morgan fingerprint density at radius 3 is 0.550 bits per heavy atom. The van der Waals surface area contributed by atoms with E-state index in [1.54, 1.807) is 56.4 Å². The second kappa shape index (κ2) is 8.89. The minimum atomic E-state index is -0.495. The van der Waals surface area contributed by atoms with Gasteiger partial charge in [0.25, 0.3) is 0 Å². The summed E-state index contributed by atoms with van der Waals surface area (Å²) in [5.41, 5.74) is 0. The molecule has 0 aliphatic rings. The summed E-state index contributed by atoms with van der Waals surface area (Å²) in [5, 5.41) is 0. The summed E-state index contributed by atoms with van der Waals surface area (Å²) in [6.07, 6.45) is 0. The number of nitrogens with zero attached hydrogens (tertiary/aromatic N) is 4. The number of carbonyl (C=O) groups is 4. The lowest BCUT2D eigenvalue weighted by Gasteiger charge is -2.13. The fourth-order valence-corrected chi connectivity index (χ4v) is 0.765. The normalized spacial score (nSPS) is 8.80. The van der Waals surface area contributed by atoms with Crippen LogP contribution in [0, 0.1) is 0 Å². The Labute approximate surface area is 119 Å². The lowest BCUT2D eigenvalue weighted by molar-refractivity contribution is -0.148. The average Bonchev–Trinajstić information content (AvgIpc) is 2.35. The van der Waals surface area contributed by atoms with E-state index in [0.717, 1.165) is 0 Å². The molecule has 20 heavy (non-hydrogen) atoms. The number of hydrogen-bond donors (Lipinski definition) is 0. The SMILES string of the molecule is CN(C)C(=O)C(=O)N(C)C.CN(C)C(=O)C(=O)N(C)C. The number of hydrogen-bond acceptors (Lipinski definition) is 4. The maximum Gasteiger partial charge on any atom is 0.311 e. The molecule has 8 heteroatoms. The first kappa shape index (κ1) is 20.2. The first-order valence-electron chi connectivity index (χ1n) is 5.79. The zero-order valence-corrected chi connectivity index (χ0v) is 13.4. The zero-order valence-electron chi connectivity index (χ0n) is 13.4. The lowest BCUT2D eigenvalue weighted by atomic mass is 10.5. The number of amides is 4. The van der Waals surface area contributed by atoms with Crippen molar-refractivity contribution in [3.8, 4) is 0 Å². The van der Waals surface area contributed by atoms with Gasteiger partial charge in [0.15, 0.2) is 0 Å². The molecule has 0 aromatic rings. The van der Waals surface area contributed by atoms with E-state index >= 15 is 0 Å². The first-order valence-corrected chi connectivity index (χ1v) is 5.79. The molecule has 0 bridgehead atoms. The summed E-state index contributed by atoms with van der Waals surface area (Å²) in [6, 6.07) is 0. The summed E-state index contributed by atoms with van der Waals surface area (Å²) < 4.78 is 0. The Morgan fingerprint density at radius 1 is 0.400 bits per heavy atom. The van der Waals surface area contributed by atoms with Gasteiger partial charge in [0, 0.05) is 56.4 Å². The van der Waals surface area contributed by atoms with Gasteiger partial charge in [-0.2, -0.15) is 0 Å². The maximum atomic E-state index is 10.8. The van der Waals surface area contributed by atoms with E-state index in [0.29, 0.717) is 0 Å². The largest absolute Gasteiger partial charge is 0.341 e. The second-order valence-corrected chi connectivity index (χ2v) is 4.80. The standard InChI is InChI=1S/2C6H12N2O2/c2*1-7(2)5(9)6(10)8(3)4/h2*1-4H3. The van der Waals surface area contributed by atoms with Gasteiger partial charge >= 0.3 is 23.6 Å². The van der Waals surface area contributed by atoms with Crippen molar-refractivity contribution in [2.45, 2.75) is 0 Å². The predicted molar refractivity (Wildman–Crippen MR) is 74.8 cm³/mol. The van der Waals surface area contributed by atoms with Crippen LogP contribution < -0.4 is 0 Å². The van der Waals surface area contributed by atoms with Crippen LogP contribution in [0.15, 0.2) is 0 Å². The third kappa shape index (κ3) is 7.34. The van der Waals surface area contributed by atoms with Crippen LogP contribution in [-0.4, -0.2) is 99.6 Å². The van der Waals surface area contributed by atoms with Crippen LogP contribution in [0.3, 0.4) is 0 Å². The highest BCUT2D eigenvalue weighted by Crippen LogP contribution is 1.84. The van der Waals surface area contributed by atoms with Crippen molar-refractivity contribution >= 4 is 23.6 Å². The van der Waals surface area contributed by atoms with E-state index in [9.17, 15) is 19.2 Å². The number of likely N-dealkylation sites (N-methyl/N-ethyl adjacent to an activating group) is 4. The first-order chi connectivity index (χ1) is 8.93. The minimum Gasteiger partial charge on any atom is -0.341 e. The van der Waals surface area contributed by atoms with Gasteiger partial charge in [-0.05, 0) is 0 Å². The van der Waals surface area contributed by atoms with Gasteiger partial charge < -0.3 is 19.6 Å². The monoisotopic (exact) mass is 288 g/mol. The summed E-state index contributed by atoms with van der Waals surface area (Å²) >= 11 is 0. The summed E-state index contributed by atoms with van der Waals surface area (Å²) in [5.74, 6) is -1.98. The van der Waals surface area contributed by atoms with E-state index in [4.69, 9.17) is 0 Å². The van der Waals surface area contributed by atoms with E-state index in [1.165, 1.54) is 19.6 Å². The molecule has 0 radical (unpaired) electrons. The molecule has 8 nitrogen and oxygen atoms in total. The number of rotatable bonds is 0. The Kier molecular flexibility index (Phi) is 8.98. The third-order valence-corrected chi connectivity index (χ3v) is 1.99. The van der Waals surface area contributed by atoms with Crippen LogP contribution in [0.2, 0.25) is 0 Å². The fraction of sp³-hybridized carbons (Fsp3) is 0.667. The Balaban J connectivity index is 0. The van der Waals surface area contributed by atoms with Crippen molar-refractivity contribution in [3.05, 3.63) is 0 Å². The van der Waals surface area contributed by atoms with E-state index < -0.39 is 23.6 Å². The third-order valence-electron chi connectivity index (χ3n) is 1.99. The molecule has 4 amide bonds. The molecule has 0 aromatic carbocycles. The van der Waals surface area contributed by atoms with Gasteiger partial charge in [-0.25, -0.2) is 0 Å². The highest BCUT2D eigenvalue weighted by atomic mass is 16.2. The molecule has 0 saturated carbocycles. The Morgan fingerprint density at radius 2 is 0.500 bits per heavy atom. The van der Waals surface area contributed by atoms with Gasteiger partial charge in [-0.15, -0.1) is 0 Å². The maximum absolute atomic E-state index is 10.8. The highest BCUT2D eigenvalue weighted by molar-refractivity contribution is 6.35. The predicted octanol–water partition coefficient (Wildman–Crippen LogP) is -1.67. The van der Waals surface area contributed by atoms with Crippen molar-refractivity contribution in [3.63, 3.8) is 0 Å². The quantitative estimate of drug-likeness (QED) is 0.499. The van der Waals surface area contributed by atoms with Crippen LogP contribution in [-0.2, 0) is 19.2 Å². The van der Waals surface area contributed by atoms with Crippen LogP contribution in [0.4, 0.5) is 0 Å². The van der Waals surface area contributed by atoms with Crippen LogP contribution in [0.5, 0.6) is 0 Å². The van der Waals surface area contributed by atoms with Crippen molar-refractivity contribution in [2.75, 3.05) is 56.4 Å². The molecule has 116 valence electrons. The van der Waals surface area contributed by atoms with Crippen molar-refractivity contribution < 1.29 is 19.2 Å². The van der Waals surface area contributed by atoms with Gasteiger partial charge in [0.05, 0.1) is 0 Å². The van der Waals surface area contributed by atoms with E-state index in [1.807, 2.05) is 0 Å². The van der Waals surface area contributed by atoms with Gasteiger partial charge in [-0.3, -0.25) is 19.2 Å². The fourth-order valence-electron chi connectivity index (χ4n) is 0.765. The molecular weight excluding hydrogens is 264 g/mol. The topological polar surface area (TPSA) is 81.2 Å². The van der Waals surface area contributed by atoms with Crippen LogP contribution in [0.25, 0.3) is 0 Å². The molecule has 0 saturated heterocycles. The molecule has 0 aliphatic carbocycles. The number of carbonyl (C=O) groups excluding carboxylic acids is 4. The molecule has 0 unspecified atom stereocenters. The molecule has 0 atom stereocenters. The van der Waals surface area contributed by atoms with Gasteiger partial charge in [0.2, 0.25) is 0 Å². The minimum absolute atomic E-state index is 0.495. The average molecular weight is 288 g/mol. The molecule has 0 aliphatic heterocycles. The smallest absolute Gasteiger partial charge is 0.311 e. The highest BCUT2D eigenvalue weighted by Gasteiger charge is 2.17. The van der Waals surface area contributed by atoms with E-state index in [2.05, 4.69) is 0 Å². The molecule has 0 rings (SSSR count). The Hall–Kier alpha value is -2.12. The van der Waals surface area contributed by atoms with Gasteiger partial charge in [-0.1, -0.05) is 0 Å².